The molecule has 0 bridgehead atoms. The summed E-state index contributed by atoms with van der Waals surface area (Å²) in [7, 11) is -3.69. The second-order valence-corrected chi connectivity index (χ2v) is 11.5. The maximum Gasteiger partial charge on any atom is 0.279 e. The van der Waals surface area contributed by atoms with Crippen LogP contribution in [0.25, 0.3) is 10.2 Å². The number of sulfonamides is 1. The molecule has 0 spiro atoms. The lowest BCUT2D eigenvalue weighted by Gasteiger charge is -2.22. The van der Waals surface area contributed by atoms with Gasteiger partial charge in [0.15, 0.2) is 10.6 Å². The van der Waals surface area contributed by atoms with Crippen molar-refractivity contribution < 1.29 is 26.7 Å². The third-order valence-electron chi connectivity index (χ3n) is 5.82. The Morgan fingerprint density at radius 1 is 1.05 bits per heavy atom. The fourth-order valence-corrected chi connectivity index (χ4v) is 6.42. The molecule has 0 N–H and O–H groups in total. The first-order valence-corrected chi connectivity index (χ1v) is 14.7. The van der Waals surface area contributed by atoms with Crippen LogP contribution in [0.4, 0.5) is 8.78 Å². The van der Waals surface area contributed by atoms with E-state index in [-0.39, 0.29) is 33.9 Å². The lowest BCUT2D eigenvalue weighted by atomic mass is 10.2. The summed E-state index contributed by atoms with van der Waals surface area (Å²) >= 11 is 0.997. The number of hydrogen-bond acceptors (Lipinski definition) is 5. The van der Waals surface area contributed by atoms with Gasteiger partial charge in [-0.3, -0.25) is 4.79 Å². The lowest BCUT2D eigenvalue weighted by molar-refractivity contribution is 0.0996. The second kappa shape index (κ2) is 13.4. The number of carbonyl (C=O) groups is 1. The number of thiazole rings is 1. The van der Waals surface area contributed by atoms with E-state index in [1.807, 2.05) is 20.8 Å². The van der Waals surface area contributed by atoms with Gasteiger partial charge in [0, 0.05) is 37.9 Å². The van der Waals surface area contributed by atoms with Crippen molar-refractivity contribution in [3.05, 3.63) is 58.4 Å². The molecular weight excluding hydrogens is 520 g/mol. The first kappa shape index (κ1) is 29.1. The minimum absolute atomic E-state index is 0.113. The summed E-state index contributed by atoms with van der Waals surface area (Å²) < 4.78 is 63.4. The summed E-state index contributed by atoms with van der Waals surface area (Å²) in [5.41, 5.74) is 0.339. The SMILES string of the molecule is CCCCN(CCCC)S(=O)(=O)c1ccc(C(=O)N=c2sc3cc(F)cc(F)c3n2CCOCC)cc1. The van der Waals surface area contributed by atoms with Crippen molar-refractivity contribution >= 4 is 37.5 Å². The summed E-state index contributed by atoms with van der Waals surface area (Å²) in [5.74, 6) is -2.08. The highest BCUT2D eigenvalue weighted by Crippen LogP contribution is 2.23. The number of amides is 1. The van der Waals surface area contributed by atoms with E-state index in [9.17, 15) is 22.0 Å². The van der Waals surface area contributed by atoms with Gasteiger partial charge in [-0.2, -0.15) is 9.30 Å². The number of nitrogens with zero attached hydrogens (tertiary/aromatic N) is 3. The molecule has 0 aliphatic carbocycles. The molecule has 11 heteroatoms. The van der Waals surface area contributed by atoms with Gasteiger partial charge in [-0.05, 0) is 50.1 Å². The molecule has 0 radical (unpaired) electrons. The third kappa shape index (κ3) is 7.10. The van der Waals surface area contributed by atoms with E-state index in [1.165, 1.54) is 39.2 Å². The molecule has 202 valence electrons. The number of aromatic nitrogens is 1. The maximum atomic E-state index is 14.6. The zero-order valence-electron chi connectivity index (χ0n) is 21.4. The molecule has 0 unspecified atom stereocenters. The molecule has 37 heavy (non-hydrogen) atoms. The van der Waals surface area contributed by atoms with Crippen LogP contribution in [0.1, 0.15) is 56.8 Å². The predicted molar refractivity (Wildman–Crippen MR) is 141 cm³/mol. The third-order valence-corrected chi connectivity index (χ3v) is 8.76. The van der Waals surface area contributed by atoms with E-state index in [0.29, 0.717) is 24.4 Å². The van der Waals surface area contributed by atoms with E-state index >= 15 is 0 Å². The first-order chi connectivity index (χ1) is 17.7. The van der Waals surface area contributed by atoms with Gasteiger partial charge in [0.2, 0.25) is 10.0 Å². The van der Waals surface area contributed by atoms with Crippen molar-refractivity contribution in [2.24, 2.45) is 4.99 Å². The van der Waals surface area contributed by atoms with Gasteiger partial charge < -0.3 is 9.30 Å². The Balaban J connectivity index is 1.94. The van der Waals surface area contributed by atoms with Crippen LogP contribution in [-0.2, 0) is 21.3 Å². The molecule has 3 rings (SSSR count). The Morgan fingerprint density at radius 2 is 1.70 bits per heavy atom. The summed E-state index contributed by atoms with van der Waals surface area (Å²) in [5, 5.41) is 0. The number of hydrogen-bond donors (Lipinski definition) is 0. The predicted octanol–water partition coefficient (Wildman–Crippen LogP) is 5.35. The van der Waals surface area contributed by atoms with Crippen molar-refractivity contribution in [2.75, 3.05) is 26.3 Å². The first-order valence-electron chi connectivity index (χ1n) is 12.5. The molecule has 0 atom stereocenters. The van der Waals surface area contributed by atoms with E-state index in [2.05, 4.69) is 4.99 Å². The molecule has 0 aliphatic heterocycles. The van der Waals surface area contributed by atoms with E-state index in [4.69, 9.17) is 4.74 Å². The highest BCUT2D eigenvalue weighted by atomic mass is 32.2. The van der Waals surface area contributed by atoms with Crippen LogP contribution in [0.15, 0.2) is 46.3 Å². The lowest BCUT2D eigenvalue weighted by Crippen LogP contribution is -2.33. The monoisotopic (exact) mass is 553 g/mol. The van der Waals surface area contributed by atoms with Gasteiger partial charge in [-0.15, -0.1) is 0 Å². The van der Waals surface area contributed by atoms with Crippen molar-refractivity contribution in [3.63, 3.8) is 0 Å². The molecular formula is C26H33F2N3O4S2. The van der Waals surface area contributed by atoms with Crippen LogP contribution in [0.5, 0.6) is 0 Å². The summed E-state index contributed by atoms with van der Waals surface area (Å²) in [4.78, 5) is 17.4. The van der Waals surface area contributed by atoms with Crippen molar-refractivity contribution in [1.29, 1.82) is 0 Å². The molecule has 2 aromatic carbocycles. The van der Waals surface area contributed by atoms with Gasteiger partial charge in [-0.25, -0.2) is 17.2 Å². The number of ether oxygens (including phenoxy) is 1. The van der Waals surface area contributed by atoms with Gasteiger partial charge in [0.1, 0.15) is 5.82 Å². The smallest absolute Gasteiger partial charge is 0.279 e. The highest BCUT2D eigenvalue weighted by molar-refractivity contribution is 7.89. The summed E-state index contributed by atoms with van der Waals surface area (Å²) in [6, 6.07) is 7.66. The largest absolute Gasteiger partial charge is 0.380 e. The van der Waals surface area contributed by atoms with Gasteiger partial charge >= 0.3 is 0 Å². The standard InChI is InChI=1S/C26H33F2N3O4S2/c1-4-7-13-30(14-8-5-2)37(33,34)21-11-9-19(10-12-21)25(32)29-26-31(15-16-35-6-3)24-22(28)17-20(27)18-23(24)36-26/h9-12,17-18H,4-8,13-16H2,1-3H3. The summed E-state index contributed by atoms with van der Waals surface area (Å²) in [6.07, 6.45) is 3.29. The van der Waals surface area contributed by atoms with Crippen LogP contribution >= 0.6 is 11.3 Å². The molecule has 0 saturated heterocycles. The van der Waals surface area contributed by atoms with E-state index < -0.39 is 27.6 Å². The molecule has 3 aromatic rings. The molecule has 0 aliphatic rings. The van der Waals surface area contributed by atoms with Crippen LogP contribution in [0, 0.1) is 11.6 Å². The minimum Gasteiger partial charge on any atom is -0.380 e. The molecule has 7 nitrogen and oxygen atoms in total. The zero-order chi connectivity index (χ0) is 27.0. The number of carbonyl (C=O) groups excluding carboxylic acids is 1. The normalized spacial score (nSPS) is 12.6. The average Bonchev–Trinajstić information content (AvgIpc) is 3.21. The highest BCUT2D eigenvalue weighted by Gasteiger charge is 2.24. The average molecular weight is 554 g/mol. The van der Waals surface area contributed by atoms with E-state index in [0.717, 1.165) is 43.1 Å². The topological polar surface area (TPSA) is 81.0 Å². The van der Waals surface area contributed by atoms with E-state index in [1.54, 1.807) is 0 Å². The number of rotatable bonds is 13. The Labute approximate surface area is 220 Å². The number of benzene rings is 2. The Kier molecular flexibility index (Phi) is 10.5. The molecule has 0 fully saturated rings. The van der Waals surface area contributed by atoms with Crippen LogP contribution in [0.3, 0.4) is 0 Å². The Bertz CT molecular complexity index is 1380. The number of unbranched alkanes of at least 4 members (excludes halogenated alkanes) is 2. The van der Waals surface area contributed by atoms with Crippen LogP contribution in [-0.4, -0.2) is 49.5 Å². The molecule has 1 aromatic heterocycles. The minimum atomic E-state index is -3.69. The van der Waals surface area contributed by atoms with Gasteiger partial charge in [0.25, 0.3) is 5.91 Å². The fraction of sp³-hybridized carbons (Fsp3) is 0.462. The quantitative estimate of drug-likeness (QED) is 0.267. The zero-order valence-corrected chi connectivity index (χ0v) is 23.0. The van der Waals surface area contributed by atoms with Crippen molar-refractivity contribution in [3.8, 4) is 0 Å². The molecule has 1 amide bonds. The molecule has 0 saturated carbocycles. The van der Waals surface area contributed by atoms with Crippen LogP contribution < -0.4 is 4.80 Å². The summed E-state index contributed by atoms with van der Waals surface area (Å²) in [6.45, 7) is 7.70. The van der Waals surface area contributed by atoms with Crippen molar-refractivity contribution in [2.45, 2.75) is 57.9 Å². The number of fused-ring (bicyclic) bond motifs is 1. The van der Waals surface area contributed by atoms with Gasteiger partial charge in [0.05, 0.1) is 21.7 Å². The fourth-order valence-electron chi connectivity index (χ4n) is 3.81. The molecule has 1 heterocycles. The number of halogens is 2. The van der Waals surface area contributed by atoms with Crippen LogP contribution in [0.2, 0.25) is 0 Å². The Morgan fingerprint density at radius 3 is 2.30 bits per heavy atom. The maximum absolute atomic E-state index is 14.6. The van der Waals surface area contributed by atoms with Gasteiger partial charge in [-0.1, -0.05) is 38.0 Å². The second-order valence-electron chi connectivity index (χ2n) is 8.52. The Hall–Kier alpha value is -2.47. The van der Waals surface area contributed by atoms with Crippen molar-refractivity contribution in [1.82, 2.24) is 8.87 Å².